The summed E-state index contributed by atoms with van der Waals surface area (Å²) in [6.07, 6.45) is 11.0. The van der Waals surface area contributed by atoms with Crippen LogP contribution in [0.4, 0.5) is 11.4 Å². The molecule has 0 radical (unpaired) electrons. The van der Waals surface area contributed by atoms with Crippen molar-refractivity contribution in [2.75, 3.05) is 0 Å². The van der Waals surface area contributed by atoms with Crippen molar-refractivity contribution in [3.05, 3.63) is 72.8 Å². The molecule has 0 atom stereocenters. The van der Waals surface area contributed by atoms with Crippen molar-refractivity contribution >= 4 is 22.8 Å². The van der Waals surface area contributed by atoms with Gasteiger partial charge in [0, 0.05) is 0 Å². The zero-order chi connectivity index (χ0) is 18.5. The summed E-state index contributed by atoms with van der Waals surface area (Å²) in [6, 6.07) is 20.3. The van der Waals surface area contributed by atoms with Crippen LogP contribution in [0, 0.1) is 0 Å². The maximum absolute atomic E-state index is 4.94. The normalized spacial score (nSPS) is 12.7. The van der Waals surface area contributed by atoms with Crippen molar-refractivity contribution in [3.63, 3.8) is 0 Å². The third-order valence-corrected chi connectivity index (χ3v) is 4.07. The van der Waals surface area contributed by atoms with Crippen LogP contribution in [0.1, 0.15) is 52.4 Å². The van der Waals surface area contributed by atoms with Crippen LogP contribution in [-0.2, 0) is 0 Å². The van der Waals surface area contributed by atoms with Gasteiger partial charge in [-0.1, -0.05) is 75.6 Å². The highest BCUT2D eigenvalue weighted by molar-refractivity contribution is 6.47. The van der Waals surface area contributed by atoms with E-state index >= 15 is 0 Å². The number of para-hydroxylation sites is 2. The predicted octanol–water partition coefficient (Wildman–Crippen LogP) is 7.47. The molecule has 0 saturated carbocycles. The standard InChI is InChI=1S/C24H30N2/c1-3-5-9-19-23(25-21-15-11-7-12-16-21)24(20-10-6-4-2)26-22-17-13-8-14-18-22/h7-9,11-19H,3-6,10,20H2,1-2H3/b19-9+,25-23?,26-24?. The lowest BCUT2D eigenvalue weighted by Crippen LogP contribution is -2.12. The van der Waals surface area contributed by atoms with Crippen LogP contribution >= 0.6 is 0 Å². The fourth-order valence-electron chi connectivity index (χ4n) is 2.64. The van der Waals surface area contributed by atoms with Crippen molar-refractivity contribution in [2.24, 2.45) is 9.98 Å². The molecule has 2 aromatic rings. The number of allylic oxidation sites excluding steroid dienone is 2. The number of aliphatic imine (C=N–C) groups is 2. The van der Waals surface area contributed by atoms with Gasteiger partial charge in [-0.2, -0.15) is 0 Å². The second-order valence-corrected chi connectivity index (χ2v) is 6.37. The molecule has 0 aliphatic rings. The van der Waals surface area contributed by atoms with Crippen LogP contribution < -0.4 is 0 Å². The van der Waals surface area contributed by atoms with E-state index in [-0.39, 0.29) is 0 Å². The van der Waals surface area contributed by atoms with Crippen LogP contribution in [0.3, 0.4) is 0 Å². The van der Waals surface area contributed by atoms with Crippen molar-refractivity contribution in [3.8, 4) is 0 Å². The lowest BCUT2D eigenvalue weighted by molar-refractivity contribution is 0.744. The molecule has 0 saturated heterocycles. The molecule has 0 N–H and O–H groups in total. The molecule has 0 bridgehead atoms. The molecule has 2 nitrogen and oxygen atoms in total. The summed E-state index contributed by atoms with van der Waals surface area (Å²) in [4.78, 5) is 9.84. The minimum atomic E-state index is 0.949. The van der Waals surface area contributed by atoms with E-state index in [2.05, 4.69) is 38.1 Å². The summed E-state index contributed by atoms with van der Waals surface area (Å²) in [5.74, 6) is 0. The molecule has 0 aromatic heterocycles. The topological polar surface area (TPSA) is 24.7 Å². The molecule has 0 amide bonds. The number of hydrogen-bond donors (Lipinski definition) is 0. The Morgan fingerprint density at radius 1 is 0.769 bits per heavy atom. The summed E-state index contributed by atoms with van der Waals surface area (Å²) in [7, 11) is 0. The Labute approximate surface area is 158 Å². The van der Waals surface area contributed by atoms with Crippen molar-refractivity contribution in [2.45, 2.75) is 52.4 Å². The number of nitrogens with zero attached hydrogens (tertiary/aromatic N) is 2. The highest BCUT2D eigenvalue weighted by atomic mass is 14.8. The van der Waals surface area contributed by atoms with E-state index in [0.29, 0.717) is 0 Å². The number of benzene rings is 2. The molecule has 2 heteroatoms. The summed E-state index contributed by atoms with van der Waals surface area (Å²) in [6.45, 7) is 4.42. The van der Waals surface area contributed by atoms with Crippen LogP contribution in [0.15, 0.2) is 82.8 Å². The van der Waals surface area contributed by atoms with Gasteiger partial charge >= 0.3 is 0 Å². The first-order valence-corrected chi connectivity index (χ1v) is 9.76. The number of hydrogen-bond acceptors (Lipinski definition) is 2. The van der Waals surface area contributed by atoms with E-state index in [9.17, 15) is 0 Å². The van der Waals surface area contributed by atoms with Gasteiger partial charge in [-0.05, 0) is 49.6 Å². The quantitative estimate of drug-likeness (QED) is 0.315. The van der Waals surface area contributed by atoms with E-state index < -0.39 is 0 Å². The smallest absolute Gasteiger partial charge is 0.0848 e. The minimum absolute atomic E-state index is 0.949. The monoisotopic (exact) mass is 346 g/mol. The second kappa shape index (κ2) is 12.0. The molecule has 136 valence electrons. The van der Waals surface area contributed by atoms with E-state index in [0.717, 1.165) is 48.5 Å². The van der Waals surface area contributed by atoms with Gasteiger partial charge in [0.25, 0.3) is 0 Å². The molecule has 2 aromatic carbocycles. The van der Waals surface area contributed by atoms with Crippen LogP contribution in [0.5, 0.6) is 0 Å². The highest BCUT2D eigenvalue weighted by Gasteiger charge is 2.08. The molecule has 0 aliphatic heterocycles. The molecule has 26 heavy (non-hydrogen) atoms. The third-order valence-electron chi connectivity index (χ3n) is 4.07. The fourth-order valence-corrected chi connectivity index (χ4v) is 2.64. The van der Waals surface area contributed by atoms with Crippen LogP contribution in [-0.4, -0.2) is 11.4 Å². The average Bonchev–Trinajstić information content (AvgIpc) is 2.68. The minimum Gasteiger partial charge on any atom is -0.251 e. The molecule has 0 spiro atoms. The van der Waals surface area contributed by atoms with E-state index in [1.165, 1.54) is 12.8 Å². The molecule has 0 unspecified atom stereocenters. The van der Waals surface area contributed by atoms with Crippen LogP contribution in [0.2, 0.25) is 0 Å². The van der Waals surface area contributed by atoms with Gasteiger partial charge < -0.3 is 0 Å². The van der Waals surface area contributed by atoms with E-state index in [4.69, 9.17) is 9.98 Å². The van der Waals surface area contributed by atoms with Crippen LogP contribution in [0.25, 0.3) is 0 Å². The zero-order valence-corrected chi connectivity index (χ0v) is 16.1. The van der Waals surface area contributed by atoms with Gasteiger partial charge in [-0.25, -0.2) is 4.99 Å². The second-order valence-electron chi connectivity index (χ2n) is 6.37. The first-order valence-electron chi connectivity index (χ1n) is 9.76. The summed E-state index contributed by atoms with van der Waals surface area (Å²) in [5, 5.41) is 0. The zero-order valence-electron chi connectivity index (χ0n) is 16.1. The van der Waals surface area contributed by atoms with Gasteiger partial charge in [0.15, 0.2) is 0 Å². The maximum atomic E-state index is 4.94. The average molecular weight is 347 g/mol. The van der Waals surface area contributed by atoms with Crippen molar-refractivity contribution in [1.29, 1.82) is 0 Å². The predicted molar refractivity (Wildman–Crippen MR) is 115 cm³/mol. The van der Waals surface area contributed by atoms with Crippen molar-refractivity contribution in [1.82, 2.24) is 0 Å². The van der Waals surface area contributed by atoms with Gasteiger partial charge in [0.05, 0.1) is 22.8 Å². The molecule has 2 rings (SSSR count). The van der Waals surface area contributed by atoms with Gasteiger partial charge in [0.1, 0.15) is 0 Å². The van der Waals surface area contributed by atoms with E-state index in [1.54, 1.807) is 0 Å². The van der Waals surface area contributed by atoms with Gasteiger partial charge in [-0.3, -0.25) is 4.99 Å². The lowest BCUT2D eigenvalue weighted by Gasteiger charge is -2.08. The Morgan fingerprint density at radius 2 is 1.38 bits per heavy atom. The summed E-state index contributed by atoms with van der Waals surface area (Å²) >= 11 is 0. The summed E-state index contributed by atoms with van der Waals surface area (Å²) in [5.41, 5.74) is 4.01. The highest BCUT2D eigenvalue weighted by Crippen LogP contribution is 2.17. The van der Waals surface area contributed by atoms with E-state index in [1.807, 2.05) is 48.5 Å². The maximum Gasteiger partial charge on any atom is 0.0848 e. The molecule has 0 aliphatic carbocycles. The molecular formula is C24H30N2. The Morgan fingerprint density at radius 3 is 1.96 bits per heavy atom. The fraction of sp³-hybridized carbons (Fsp3) is 0.333. The molecule has 0 heterocycles. The number of rotatable bonds is 10. The SMILES string of the molecule is CCC/C=C/C(=Nc1ccccc1)C(CCCCC)=Nc1ccccc1. The first kappa shape index (κ1) is 19.8. The Hall–Kier alpha value is -2.48. The van der Waals surface area contributed by atoms with Gasteiger partial charge in [-0.15, -0.1) is 0 Å². The third kappa shape index (κ3) is 7.18. The molecule has 0 fully saturated rings. The first-order chi connectivity index (χ1) is 12.8. The largest absolute Gasteiger partial charge is 0.251 e. The van der Waals surface area contributed by atoms with Gasteiger partial charge in [0.2, 0.25) is 0 Å². The molecular weight excluding hydrogens is 316 g/mol. The summed E-state index contributed by atoms with van der Waals surface area (Å²) < 4.78 is 0. The lowest BCUT2D eigenvalue weighted by atomic mass is 10.1. The number of unbranched alkanes of at least 4 members (excludes halogenated alkanes) is 3. The Bertz CT molecular complexity index is 712. The van der Waals surface area contributed by atoms with Crippen molar-refractivity contribution < 1.29 is 0 Å². The Balaban J connectivity index is 2.38. The Kier molecular flexibility index (Phi) is 9.13.